The molecule has 1 N–H and O–H groups in total. The molecule has 0 bridgehead atoms. The van der Waals surface area contributed by atoms with Crippen molar-refractivity contribution in [3.8, 4) is 5.88 Å². The van der Waals surface area contributed by atoms with Crippen LogP contribution < -0.4 is 10.1 Å². The quantitative estimate of drug-likeness (QED) is 0.362. The standard InChI is InChI=1S/C23H22N4O3S2/c1-14-19-22(30-3)26-18(12-29-2)27-23(19)32-20(14)21(28)25-16-6-8-17(9-7-16)31-13-15-5-4-10-24-11-15/h4-11H,12-13H2,1-3H3,(H,25,28). The Morgan fingerprint density at radius 2 is 1.97 bits per heavy atom. The normalized spacial score (nSPS) is 11.0. The molecule has 9 heteroatoms. The summed E-state index contributed by atoms with van der Waals surface area (Å²) in [7, 11) is 3.14. The van der Waals surface area contributed by atoms with Gasteiger partial charge in [-0.15, -0.1) is 23.1 Å². The summed E-state index contributed by atoms with van der Waals surface area (Å²) in [5.41, 5.74) is 2.70. The highest BCUT2D eigenvalue weighted by Gasteiger charge is 2.21. The highest BCUT2D eigenvalue weighted by atomic mass is 32.2. The summed E-state index contributed by atoms with van der Waals surface area (Å²) in [6.07, 6.45) is 3.64. The Kier molecular flexibility index (Phi) is 6.99. The van der Waals surface area contributed by atoms with Crippen molar-refractivity contribution >= 4 is 44.9 Å². The number of nitrogens with one attached hydrogen (secondary N) is 1. The molecule has 0 saturated carbocycles. The maximum atomic E-state index is 13.0. The number of rotatable bonds is 8. The van der Waals surface area contributed by atoms with Gasteiger partial charge in [-0.3, -0.25) is 9.78 Å². The van der Waals surface area contributed by atoms with Crippen molar-refractivity contribution in [2.45, 2.75) is 24.2 Å². The Morgan fingerprint density at radius 3 is 2.66 bits per heavy atom. The number of nitrogens with zero attached hydrogens (tertiary/aromatic N) is 3. The first-order valence-corrected chi connectivity index (χ1v) is 11.6. The van der Waals surface area contributed by atoms with E-state index in [0.29, 0.717) is 21.4 Å². The Labute approximate surface area is 194 Å². The van der Waals surface area contributed by atoms with E-state index in [1.54, 1.807) is 32.2 Å². The van der Waals surface area contributed by atoms with Gasteiger partial charge in [0.25, 0.3) is 5.91 Å². The van der Waals surface area contributed by atoms with E-state index in [1.807, 2.05) is 43.5 Å². The molecule has 0 aliphatic heterocycles. The van der Waals surface area contributed by atoms with Crippen LogP contribution in [0.1, 0.15) is 26.6 Å². The third kappa shape index (κ3) is 4.90. The predicted octanol–water partition coefficient (Wildman–Crippen LogP) is 5.09. The van der Waals surface area contributed by atoms with Crippen LogP contribution >= 0.6 is 23.1 Å². The minimum absolute atomic E-state index is 0.184. The zero-order chi connectivity index (χ0) is 22.5. The van der Waals surface area contributed by atoms with Crippen LogP contribution in [0.4, 0.5) is 5.69 Å². The molecule has 0 aliphatic rings. The fraction of sp³-hybridized carbons (Fsp3) is 0.217. The van der Waals surface area contributed by atoms with Crippen molar-refractivity contribution in [1.29, 1.82) is 0 Å². The highest BCUT2D eigenvalue weighted by Crippen LogP contribution is 2.35. The number of aromatic nitrogens is 3. The fourth-order valence-electron chi connectivity index (χ4n) is 3.17. The molecule has 0 aliphatic carbocycles. The van der Waals surface area contributed by atoms with Crippen LogP contribution in [0.3, 0.4) is 0 Å². The molecule has 7 nitrogen and oxygen atoms in total. The molecule has 4 aromatic rings. The first-order valence-electron chi connectivity index (χ1n) is 9.85. The maximum absolute atomic E-state index is 13.0. The van der Waals surface area contributed by atoms with E-state index < -0.39 is 0 Å². The second-order valence-electron chi connectivity index (χ2n) is 6.95. The molecule has 164 valence electrons. The van der Waals surface area contributed by atoms with Gasteiger partial charge in [-0.05, 0) is 48.4 Å². The molecule has 0 radical (unpaired) electrons. The molecule has 0 atom stereocenters. The number of thioether (sulfide) groups is 1. The van der Waals surface area contributed by atoms with Crippen LogP contribution in [0.15, 0.2) is 53.7 Å². The first-order chi connectivity index (χ1) is 15.6. The predicted molar refractivity (Wildman–Crippen MR) is 128 cm³/mol. The summed E-state index contributed by atoms with van der Waals surface area (Å²) in [5, 5.41) is 3.73. The third-order valence-electron chi connectivity index (χ3n) is 4.72. The fourth-order valence-corrected chi connectivity index (χ4v) is 5.09. The summed E-state index contributed by atoms with van der Waals surface area (Å²) < 4.78 is 10.6. The number of carbonyl (C=O) groups excluding carboxylic acids is 1. The summed E-state index contributed by atoms with van der Waals surface area (Å²) in [5.74, 6) is 1.62. The number of fused-ring (bicyclic) bond motifs is 1. The van der Waals surface area contributed by atoms with Crippen LogP contribution in [-0.2, 0) is 17.1 Å². The second kappa shape index (κ2) is 10.1. The van der Waals surface area contributed by atoms with Crippen LogP contribution in [0.25, 0.3) is 10.2 Å². The van der Waals surface area contributed by atoms with E-state index in [0.717, 1.165) is 27.3 Å². The molecule has 0 spiro atoms. The van der Waals surface area contributed by atoms with E-state index in [-0.39, 0.29) is 12.5 Å². The van der Waals surface area contributed by atoms with Crippen molar-refractivity contribution in [2.75, 3.05) is 19.5 Å². The lowest BCUT2D eigenvalue weighted by molar-refractivity contribution is 0.103. The Bertz CT molecular complexity index is 1230. The first kappa shape index (κ1) is 22.2. The number of methoxy groups -OCH3 is 2. The topological polar surface area (TPSA) is 86.2 Å². The van der Waals surface area contributed by atoms with Crippen molar-refractivity contribution in [3.63, 3.8) is 0 Å². The lowest BCUT2D eigenvalue weighted by Crippen LogP contribution is -2.11. The maximum Gasteiger partial charge on any atom is 0.266 e. The van der Waals surface area contributed by atoms with Gasteiger partial charge in [0.15, 0.2) is 5.82 Å². The lowest BCUT2D eigenvalue weighted by Gasteiger charge is -2.07. The smallest absolute Gasteiger partial charge is 0.266 e. The summed E-state index contributed by atoms with van der Waals surface area (Å²) >= 11 is 3.04. The van der Waals surface area contributed by atoms with Crippen LogP contribution in [-0.4, -0.2) is 35.1 Å². The summed E-state index contributed by atoms with van der Waals surface area (Å²) in [4.78, 5) is 28.4. The molecule has 3 heterocycles. The van der Waals surface area contributed by atoms with Gasteiger partial charge in [-0.1, -0.05) is 6.07 Å². The van der Waals surface area contributed by atoms with E-state index in [2.05, 4.69) is 26.3 Å². The minimum atomic E-state index is -0.184. The lowest BCUT2D eigenvalue weighted by atomic mass is 10.2. The molecule has 0 fully saturated rings. The van der Waals surface area contributed by atoms with Crippen LogP contribution in [0.2, 0.25) is 0 Å². The van der Waals surface area contributed by atoms with Crippen LogP contribution in [0, 0.1) is 6.92 Å². The Balaban J connectivity index is 1.49. The largest absolute Gasteiger partial charge is 0.480 e. The average molecular weight is 467 g/mol. The number of hydrogen-bond acceptors (Lipinski definition) is 8. The van der Waals surface area contributed by atoms with E-state index >= 15 is 0 Å². The van der Waals surface area contributed by atoms with Gasteiger partial charge in [-0.25, -0.2) is 4.98 Å². The van der Waals surface area contributed by atoms with Crippen molar-refractivity contribution < 1.29 is 14.3 Å². The Hall–Kier alpha value is -3.01. The zero-order valence-corrected chi connectivity index (χ0v) is 19.5. The minimum Gasteiger partial charge on any atom is -0.480 e. The van der Waals surface area contributed by atoms with E-state index in [1.165, 1.54) is 16.9 Å². The van der Waals surface area contributed by atoms with Crippen molar-refractivity contribution in [1.82, 2.24) is 15.0 Å². The van der Waals surface area contributed by atoms with Gasteiger partial charge in [0, 0.05) is 35.8 Å². The Morgan fingerprint density at radius 1 is 1.16 bits per heavy atom. The zero-order valence-electron chi connectivity index (χ0n) is 17.9. The van der Waals surface area contributed by atoms with E-state index in [9.17, 15) is 4.79 Å². The van der Waals surface area contributed by atoms with Gasteiger partial charge in [-0.2, -0.15) is 4.98 Å². The highest BCUT2D eigenvalue weighted by molar-refractivity contribution is 7.98. The van der Waals surface area contributed by atoms with Gasteiger partial charge in [0.1, 0.15) is 11.4 Å². The molecule has 32 heavy (non-hydrogen) atoms. The average Bonchev–Trinajstić information content (AvgIpc) is 3.15. The summed E-state index contributed by atoms with van der Waals surface area (Å²) in [6.45, 7) is 2.16. The number of thiophene rings is 1. The van der Waals surface area contributed by atoms with Gasteiger partial charge in [0.2, 0.25) is 5.88 Å². The number of amides is 1. The van der Waals surface area contributed by atoms with Crippen molar-refractivity contribution in [3.05, 3.63) is 70.6 Å². The van der Waals surface area contributed by atoms with Gasteiger partial charge >= 0.3 is 0 Å². The molecule has 1 aromatic carbocycles. The van der Waals surface area contributed by atoms with Gasteiger partial charge in [0.05, 0.1) is 17.4 Å². The molecule has 0 unspecified atom stereocenters. The monoisotopic (exact) mass is 466 g/mol. The second-order valence-corrected chi connectivity index (χ2v) is 8.99. The number of anilines is 1. The van der Waals surface area contributed by atoms with E-state index in [4.69, 9.17) is 9.47 Å². The van der Waals surface area contributed by atoms with Crippen LogP contribution in [0.5, 0.6) is 5.88 Å². The number of benzene rings is 1. The molecule has 0 saturated heterocycles. The number of hydrogen-bond donors (Lipinski definition) is 1. The summed E-state index contributed by atoms with van der Waals surface area (Å²) in [6, 6.07) is 11.8. The number of pyridine rings is 1. The number of carbonyl (C=O) groups is 1. The van der Waals surface area contributed by atoms with Crippen molar-refractivity contribution in [2.24, 2.45) is 0 Å². The SMILES string of the molecule is COCc1nc(OC)c2c(C)c(C(=O)Nc3ccc(SCc4cccnc4)cc3)sc2n1. The number of ether oxygens (including phenoxy) is 2. The molecular weight excluding hydrogens is 444 g/mol. The third-order valence-corrected chi connectivity index (χ3v) is 6.98. The number of aryl methyl sites for hydroxylation is 1. The molecular formula is C23H22N4O3S2. The molecule has 1 amide bonds. The molecule has 3 aromatic heterocycles. The molecule has 4 rings (SSSR count). The van der Waals surface area contributed by atoms with Gasteiger partial charge < -0.3 is 14.8 Å².